The zero-order valence-electron chi connectivity index (χ0n) is 23.3. The van der Waals surface area contributed by atoms with Crippen molar-refractivity contribution in [1.29, 1.82) is 0 Å². The van der Waals surface area contributed by atoms with Crippen LogP contribution in [0.15, 0.2) is 63.5 Å². The molecule has 1 amide bonds. The molecule has 0 spiro atoms. The molecule has 0 radical (unpaired) electrons. The Kier molecular flexibility index (Phi) is 8.91. The SMILES string of the molecule is CCCOc1ccc(/C=c2\sc3n(c2=O)[C@H](c2cc(OC)ccc2OC)C(C(=O)N(CC)CC)=C(C)N=3)cc1. The number of methoxy groups -OCH3 is 2. The van der Waals surface area contributed by atoms with Crippen LogP contribution in [0.3, 0.4) is 0 Å². The fourth-order valence-electron chi connectivity index (χ4n) is 4.66. The van der Waals surface area contributed by atoms with Crippen molar-refractivity contribution >= 4 is 23.3 Å². The van der Waals surface area contributed by atoms with Crippen LogP contribution >= 0.6 is 11.3 Å². The number of ether oxygens (including phenoxy) is 3. The van der Waals surface area contributed by atoms with Crippen molar-refractivity contribution in [3.63, 3.8) is 0 Å². The molecule has 2 heterocycles. The molecule has 206 valence electrons. The zero-order chi connectivity index (χ0) is 28.1. The predicted octanol–water partition coefficient (Wildman–Crippen LogP) is 3.91. The molecule has 0 saturated heterocycles. The van der Waals surface area contributed by atoms with Crippen LogP contribution in [0.5, 0.6) is 17.2 Å². The maximum atomic E-state index is 14.0. The van der Waals surface area contributed by atoms with Gasteiger partial charge in [0, 0.05) is 18.7 Å². The van der Waals surface area contributed by atoms with Crippen LogP contribution in [0.1, 0.15) is 51.3 Å². The maximum absolute atomic E-state index is 14.0. The van der Waals surface area contributed by atoms with Gasteiger partial charge in [0.15, 0.2) is 4.80 Å². The summed E-state index contributed by atoms with van der Waals surface area (Å²) in [6.07, 6.45) is 2.78. The summed E-state index contributed by atoms with van der Waals surface area (Å²) in [5.41, 5.74) is 2.33. The second kappa shape index (κ2) is 12.3. The van der Waals surface area contributed by atoms with Gasteiger partial charge in [0.25, 0.3) is 11.5 Å². The van der Waals surface area contributed by atoms with E-state index < -0.39 is 6.04 Å². The van der Waals surface area contributed by atoms with Gasteiger partial charge in [0.1, 0.15) is 23.3 Å². The van der Waals surface area contributed by atoms with E-state index in [2.05, 4.69) is 6.92 Å². The Balaban J connectivity index is 1.93. The number of benzene rings is 2. The minimum Gasteiger partial charge on any atom is -0.497 e. The number of likely N-dealkylation sites (N-methyl/N-ethyl adjacent to an activating group) is 1. The van der Waals surface area contributed by atoms with Crippen molar-refractivity contribution in [1.82, 2.24) is 9.47 Å². The number of hydrogen-bond donors (Lipinski definition) is 0. The first-order chi connectivity index (χ1) is 18.9. The molecule has 0 unspecified atom stereocenters. The fraction of sp³-hybridized carbons (Fsp3) is 0.367. The second-order valence-corrected chi connectivity index (χ2v) is 10.1. The zero-order valence-corrected chi connectivity index (χ0v) is 24.1. The van der Waals surface area contributed by atoms with Gasteiger partial charge in [-0.15, -0.1) is 0 Å². The van der Waals surface area contributed by atoms with E-state index in [0.29, 0.717) is 57.4 Å². The van der Waals surface area contributed by atoms with Gasteiger partial charge in [0.2, 0.25) is 0 Å². The lowest BCUT2D eigenvalue weighted by Gasteiger charge is -2.30. The number of carbonyl (C=O) groups excluding carboxylic acids is 1. The molecule has 1 atom stereocenters. The highest BCUT2D eigenvalue weighted by atomic mass is 32.1. The minimum absolute atomic E-state index is 0.159. The number of amides is 1. The van der Waals surface area contributed by atoms with Crippen molar-refractivity contribution in [2.45, 2.75) is 40.2 Å². The monoisotopic (exact) mass is 549 g/mol. The first-order valence-electron chi connectivity index (χ1n) is 13.1. The van der Waals surface area contributed by atoms with Crippen LogP contribution in [0.2, 0.25) is 0 Å². The van der Waals surface area contributed by atoms with E-state index in [1.54, 1.807) is 35.8 Å². The highest BCUT2D eigenvalue weighted by Gasteiger charge is 2.36. The van der Waals surface area contributed by atoms with Crippen LogP contribution in [0.4, 0.5) is 0 Å². The van der Waals surface area contributed by atoms with Gasteiger partial charge < -0.3 is 19.1 Å². The molecule has 0 aliphatic carbocycles. The molecule has 4 rings (SSSR count). The Labute approximate surface area is 232 Å². The van der Waals surface area contributed by atoms with Crippen LogP contribution in [0, 0.1) is 0 Å². The molecule has 1 aliphatic heterocycles. The number of rotatable bonds is 10. The van der Waals surface area contributed by atoms with Crippen molar-refractivity contribution in [3.05, 3.63) is 84.5 Å². The van der Waals surface area contributed by atoms with E-state index in [4.69, 9.17) is 19.2 Å². The number of carbonyl (C=O) groups is 1. The Hall–Kier alpha value is -3.85. The number of nitrogens with zero attached hydrogens (tertiary/aromatic N) is 3. The number of thiazole rings is 1. The minimum atomic E-state index is -0.730. The maximum Gasteiger partial charge on any atom is 0.271 e. The fourth-order valence-corrected chi connectivity index (χ4v) is 5.70. The molecule has 2 aromatic carbocycles. The molecule has 8 nitrogen and oxygen atoms in total. The van der Waals surface area contributed by atoms with E-state index in [1.807, 2.05) is 57.2 Å². The largest absolute Gasteiger partial charge is 0.497 e. The van der Waals surface area contributed by atoms with Crippen molar-refractivity contribution in [2.75, 3.05) is 33.9 Å². The number of hydrogen-bond acceptors (Lipinski definition) is 7. The van der Waals surface area contributed by atoms with Crippen molar-refractivity contribution < 1.29 is 19.0 Å². The Morgan fingerprint density at radius 2 is 1.74 bits per heavy atom. The molecule has 3 aromatic rings. The molecular weight excluding hydrogens is 514 g/mol. The molecule has 0 saturated carbocycles. The van der Waals surface area contributed by atoms with E-state index in [-0.39, 0.29) is 11.5 Å². The number of fused-ring (bicyclic) bond motifs is 1. The summed E-state index contributed by atoms with van der Waals surface area (Å²) in [7, 11) is 3.16. The summed E-state index contributed by atoms with van der Waals surface area (Å²) in [6, 6.07) is 12.3. The molecule has 1 aromatic heterocycles. The third-order valence-electron chi connectivity index (χ3n) is 6.68. The van der Waals surface area contributed by atoms with E-state index in [0.717, 1.165) is 17.7 Å². The molecular formula is C30H35N3O5S. The van der Waals surface area contributed by atoms with E-state index in [9.17, 15) is 9.59 Å². The first-order valence-corrected chi connectivity index (χ1v) is 13.9. The van der Waals surface area contributed by atoms with Gasteiger partial charge in [-0.3, -0.25) is 14.2 Å². The van der Waals surface area contributed by atoms with Gasteiger partial charge in [-0.1, -0.05) is 30.4 Å². The van der Waals surface area contributed by atoms with Gasteiger partial charge in [-0.05, 0) is 69.2 Å². The molecule has 0 fully saturated rings. The molecule has 0 N–H and O–H groups in total. The highest BCUT2D eigenvalue weighted by molar-refractivity contribution is 7.07. The van der Waals surface area contributed by atoms with Crippen molar-refractivity contribution in [2.24, 2.45) is 4.99 Å². The summed E-state index contributed by atoms with van der Waals surface area (Å²) in [5, 5.41) is 0. The summed E-state index contributed by atoms with van der Waals surface area (Å²) in [5.74, 6) is 1.78. The standard InChI is InChI=1S/C30H35N3O5S/c1-7-16-38-21-12-10-20(11-13-21)17-25-28(34)33-27(23-18-22(36-5)14-15-24(23)37-6)26(19(4)31-30(33)39-25)29(35)32(8-2)9-3/h10-15,17-18,27H,7-9,16H2,1-6H3/b25-17-/t27-/m1/s1. The Morgan fingerprint density at radius 1 is 1.05 bits per heavy atom. The summed E-state index contributed by atoms with van der Waals surface area (Å²) < 4.78 is 19.0. The van der Waals surface area contributed by atoms with Crippen LogP contribution in [-0.4, -0.2) is 49.3 Å². The lowest BCUT2D eigenvalue weighted by molar-refractivity contribution is -0.127. The van der Waals surface area contributed by atoms with E-state index >= 15 is 0 Å². The molecule has 39 heavy (non-hydrogen) atoms. The molecule has 0 bridgehead atoms. The van der Waals surface area contributed by atoms with Gasteiger partial charge >= 0.3 is 0 Å². The normalized spacial score (nSPS) is 15.0. The quantitative estimate of drug-likeness (QED) is 0.383. The predicted molar refractivity (Wildman–Crippen MR) is 153 cm³/mol. The number of aromatic nitrogens is 1. The van der Waals surface area contributed by atoms with Crippen LogP contribution < -0.4 is 29.1 Å². The van der Waals surface area contributed by atoms with Crippen molar-refractivity contribution in [3.8, 4) is 17.2 Å². The lowest BCUT2D eigenvalue weighted by Crippen LogP contribution is -2.43. The summed E-state index contributed by atoms with van der Waals surface area (Å²) in [6.45, 7) is 9.48. The Bertz CT molecular complexity index is 1550. The molecule has 1 aliphatic rings. The number of allylic oxidation sites excluding steroid dienone is 1. The summed E-state index contributed by atoms with van der Waals surface area (Å²) in [4.78, 5) is 34.8. The first kappa shape index (κ1) is 28.2. The lowest BCUT2D eigenvalue weighted by atomic mass is 9.93. The van der Waals surface area contributed by atoms with E-state index in [1.165, 1.54) is 11.3 Å². The topological polar surface area (TPSA) is 82.4 Å². The second-order valence-electron chi connectivity index (χ2n) is 9.08. The average Bonchev–Trinajstić information content (AvgIpc) is 3.25. The third kappa shape index (κ3) is 5.63. The van der Waals surface area contributed by atoms with Crippen LogP contribution in [0.25, 0.3) is 6.08 Å². The summed E-state index contributed by atoms with van der Waals surface area (Å²) >= 11 is 1.30. The van der Waals surface area contributed by atoms with Gasteiger partial charge in [0.05, 0.1) is 36.6 Å². The third-order valence-corrected chi connectivity index (χ3v) is 7.67. The van der Waals surface area contributed by atoms with Gasteiger partial charge in [-0.2, -0.15) is 0 Å². The van der Waals surface area contributed by atoms with Gasteiger partial charge in [-0.25, -0.2) is 4.99 Å². The Morgan fingerprint density at radius 3 is 2.36 bits per heavy atom. The van der Waals surface area contributed by atoms with Crippen LogP contribution in [-0.2, 0) is 4.79 Å². The smallest absolute Gasteiger partial charge is 0.271 e. The highest BCUT2D eigenvalue weighted by Crippen LogP contribution is 2.38. The molecule has 9 heteroatoms. The average molecular weight is 550 g/mol.